The number of non-ortho nitro benzene ring substituents is 1. The number of ether oxygens (including phenoxy) is 1. The van der Waals surface area contributed by atoms with Gasteiger partial charge in [0.15, 0.2) is 0 Å². The monoisotopic (exact) mass is 538 g/mol. The normalized spacial score (nSPS) is 11.9. The number of carbonyl (C=O) groups excluding carboxylic acids is 2. The minimum absolute atomic E-state index is 0.00152. The molecule has 0 heterocycles. The number of methoxy groups -OCH3 is 1. The number of nitrogens with one attached hydrogen (secondary N) is 1. The van der Waals surface area contributed by atoms with Gasteiger partial charge in [0.2, 0.25) is 21.8 Å². The molecule has 0 bridgehead atoms. The Bertz CT molecular complexity index is 1220. The van der Waals surface area contributed by atoms with Crippen LogP contribution in [0.3, 0.4) is 0 Å². The first-order chi connectivity index (χ1) is 17.4. The van der Waals surface area contributed by atoms with E-state index in [1.807, 2.05) is 6.92 Å². The fraction of sp³-hybridized carbons (Fsp3) is 0.417. The zero-order chi connectivity index (χ0) is 27.8. The number of benzene rings is 2. The lowest BCUT2D eigenvalue weighted by molar-refractivity contribution is -0.384. The van der Waals surface area contributed by atoms with Gasteiger partial charge in [0.25, 0.3) is 5.69 Å². The van der Waals surface area contributed by atoms with Crippen LogP contribution in [-0.2, 0) is 26.2 Å². The molecule has 0 saturated heterocycles. The largest absolute Gasteiger partial charge is 0.495 e. The first kappa shape index (κ1) is 29.5. The highest BCUT2D eigenvalue weighted by Gasteiger charge is 2.33. The molecular formula is C24H31FN4O7S. The van der Waals surface area contributed by atoms with Crippen molar-refractivity contribution in [1.29, 1.82) is 0 Å². The molecule has 0 aliphatic rings. The maximum atomic E-state index is 13.6. The topological polar surface area (TPSA) is 139 Å². The smallest absolute Gasteiger partial charge is 0.271 e. The van der Waals surface area contributed by atoms with Crippen LogP contribution in [0.2, 0.25) is 0 Å². The number of rotatable bonds is 13. The van der Waals surface area contributed by atoms with Crippen molar-refractivity contribution in [3.63, 3.8) is 0 Å². The van der Waals surface area contributed by atoms with Gasteiger partial charge in [-0.05, 0) is 36.6 Å². The van der Waals surface area contributed by atoms with Crippen LogP contribution in [0.15, 0.2) is 42.5 Å². The van der Waals surface area contributed by atoms with Gasteiger partial charge in [-0.2, -0.15) is 0 Å². The molecule has 2 aromatic carbocycles. The lowest BCUT2D eigenvalue weighted by Gasteiger charge is -2.33. The lowest BCUT2D eigenvalue weighted by atomic mass is 10.1. The van der Waals surface area contributed by atoms with E-state index < -0.39 is 50.9 Å². The third-order valence-corrected chi connectivity index (χ3v) is 6.65. The number of sulfonamides is 1. The Labute approximate surface area is 215 Å². The van der Waals surface area contributed by atoms with Crippen LogP contribution in [0.25, 0.3) is 0 Å². The number of anilines is 1. The molecule has 202 valence electrons. The third-order valence-electron chi connectivity index (χ3n) is 5.52. The van der Waals surface area contributed by atoms with Gasteiger partial charge in [-0.15, -0.1) is 0 Å². The van der Waals surface area contributed by atoms with Crippen molar-refractivity contribution < 1.29 is 32.1 Å². The van der Waals surface area contributed by atoms with Crippen molar-refractivity contribution in [3.05, 3.63) is 64.0 Å². The van der Waals surface area contributed by atoms with Gasteiger partial charge in [-0.3, -0.25) is 24.0 Å². The van der Waals surface area contributed by atoms with Gasteiger partial charge in [-0.25, -0.2) is 12.8 Å². The van der Waals surface area contributed by atoms with E-state index in [4.69, 9.17) is 4.74 Å². The summed E-state index contributed by atoms with van der Waals surface area (Å²) in [6, 6.07) is 7.80. The molecular weight excluding hydrogens is 507 g/mol. The Hall–Kier alpha value is -3.74. The van der Waals surface area contributed by atoms with Gasteiger partial charge in [0, 0.05) is 25.2 Å². The number of amides is 2. The number of nitrogens with zero attached hydrogens (tertiary/aromatic N) is 3. The van der Waals surface area contributed by atoms with Crippen molar-refractivity contribution >= 4 is 33.2 Å². The van der Waals surface area contributed by atoms with E-state index in [0.29, 0.717) is 22.8 Å². The number of nitro groups is 1. The fourth-order valence-electron chi connectivity index (χ4n) is 3.65. The highest BCUT2D eigenvalue weighted by Crippen LogP contribution is 2.34. The van der Waals surface area contributed by atoms with E-state index in [1.165, 1.54) is 42.3 Å². The van der Waals surface area contributed by atoms with Gasteiger partial charge in [-0.1, -0.05) is 26.0 Å². The molecule has 2 rings (SSSR count). The predicted molar refractivity (Wildman–Crippen MR) is 136 cm³/mol. The number of hydrogen-bond acceptors (Lipinski definition) is 7. The van der Waals surface area contributed by atoms with Gasteiger partial charge in [0.05, 0.1) is 18.3 Å². The van der Waals surface area contributed by atoms with E-state index in [-0.39, 0.29) is 24.4 Å². The molecule has 2 aromatic rings. The van der Waals surface area contributed by atoms with Crippen LogP contribution in [0.1, 0.15) is 32.3 Å². The molecule has 0 aliphatic carbocycles. The number of hydrogen-bond donors (Lipinski definition) is 1. The van der Waals surface area contributed by atoms with Crippen LogP contribution in [-0.4, -0.2) is 62.6 Å². The SMILES string of the molecule is CCCNC(=O)C(CC)N(Cc1ccc(F)cc1)C(=O)CN(c1cc([N+](=O)[O-])ccc1OC)S(C)(=O)=O. The van der Waals surface area contributed by atoms with E-state index in [9.17, 15) is 32.5 Å². The molecule has 0 aromatic heterocycles. The second-order valence-electron chi connectivity index (χ2n) is 8.25. The third kappa shape index (κ3) is 7.87. The second kappa shape index (κ2) is 13.0. The molecule has 37 heavy (non-hydrogen) atoms. The van der Waals surface area contributed by atoms with Crippen LogP contribution < -0.4 is 14.4 Å². The predicted octanol–water partition coefficient (Wildman–Crippen LogP) is 2.84. The summed E-state index contributed by atoms with van der Waals surface area (Å²) in [6.07, 6.45) is 1.75. The summed E-state index contributed by atoms with van der Waals surface area (Å²) in [7, 11) is -2.87. The summed E-state index contributed by atoms with van der Waals surface area (Å²) in [5, 5.41) is 14.1. The molecule has 1 N–H and O–H groups in total. The fourth-order valence-corrected chi connectivity index (χ4v) is 4.50. The van der Waals surface area contributed by atoms with Crippen LogP contribution >= 0.6 is 0 Å². The number of nitro benzene ring substituents is 1. The van der Waals surface area contributed by atoms with E-state index in [0.717, 1.165) is 18.4 Å². The Morgan fingerprint density at radius 1 is 1.16 bits per heavy atom. The minimum Gasteiger partial charge on any atom is -0.495 e. The van der Waals surface area contributed by atoms with E-state index >= 15 is 0 Å². The quantitative estimate of drug-likeness (QED) is 0.306. The summed E-state index contributed by atoms with van der Waals surface area (Å²) in [4.78, 5) is 38.4. The van der Waals surface area contributed by atoms with Crippen molar-refractivity contribution in [2.75, 3.05) is 30.8 Å². The molecule has 0 radical (unpaired) electrons. The summed E-state index contributed by atoms with van der Waals surface area (Å²) >= 11 is 0. The highest BCUT2D eigenvalue weighted by atomic mass is 32.2. The maximum Gasteiger partial charge on any atom is 0.271 e. The summed E-state index contributed by atoms with van der Waals surface area (Å²) in [5.41, 5.74) is -0.0708. The Balaban J connectivity index is 2.54. The van der Waals surface area contributed by atoms with Crippen molar-refractivity contribution in [3.8, 4) is 5.75 Å². The summed E-state index contributed by atoms with van der Waals surface area (Å²) in [5.74, 6) is -1.63. The molecule has 0 spiro atoms. The second-order valence-corrected chi connectivity index (χ2v) is 10.2. The summed E-state index contributed by atoms with van der Waals surface area (Å²) in [6.45, 7) is 3.11. The van der Waals surface area contributed by atoms with Crippen LogP contribution in [0.5, 0.6) is 5.75 Å². The molecule has 2 amide bonds. The van der Waals surface area contributed by atoms with Crippen molar-refractivity contribution in [2.45, 2.75) is 39.3 Å². The van der Waals surface area contributed by atoms with Crippen LogP contribution in [0, 0.1) is 15.9 Å². The minimum atomic E-state index is -4.13. The van der Waals surface area contributed by atoms with Crippen molar-refractivity contribution in [1.82, 2.24) is 10.2 Å². The van der Waals surface area contributed by atoms with Gasteiger partial charge < -0.3 is 15.0 Å². The molecule has 0 fully saturated rings. The lowest BCUT2D eigenvalue weighted by Crippen LogP contribution is -2.52. The summed E-state index contributed by atoms with van der Waals surface area (Å²) < 4.78 is 44.9. The molecule has 11 nitrogen and oxygen atoms in total. The molecule has 0 aliphatic heterocycles. The number of carbonyl (C=O) groups is 2. The number of halogens is 1. The molecule has 13 heteroatoms. The average Bonchev–Trinajstić information content (AvgIpc) is 2.85. The molecule has 1 unspecified atom stereocenters. The first-order valence-electron chi connectivity index (χ1n) is 11.5. The molecule has 0 saturated carbocycles. The molecule has 1 atom stereocenters. The van der Waals surface area contributed by atoms with E-state index in [2.05, 4.69) is 5.32 Å². The van der Waals surface area contributed by atoms with Gasteiger partial charge >= 0.3 is 0 Å². The van der Waals surface area contributed by atoms with Gasteiger partial charge in [0.1, 0.15) is 29.8 Å². The maximum absolute atomic E-state index is 13.6. The Kier molecular flexibility index (Phi) is 10.4. The Morgan fingerprint density at radius 2 is 1.81 bits per heavy atom. The van der Waals surface area contributed by atoms with Crippen molar-refractivity contribution in [2.24, 2.45) is 0 Å². The zero-order valence-electron chi connectivity index (χ0n) is 21.1. The highest BCUT2D eigenvalue weighted by molar-refractivity contribution is 7.92. The average molecular weight is 539 g/mol. The first-order valence-corrected chi connectivity index (χ1v) is 13.4. The van der Waals surface area contributed by atoms with E-state index in [1.54, 1.807) is 6.92 Å². The zero-order valence-corrected chi connectivity index (χ0v) is 22.0. The standard InChI is InChI=1S/C24H31FN4O7S/c1-5-13-26-24(31)20(6-2)27(15-17-7-9-18(25)10-8-17)23(30)16-28(37(4,34)35)21-14-19(29(32)33)11-12-22(21)36-3/h7-12,14,20H,5-6,13,15-16H2,1-4H3,(H,26,31). The van der Waals surface area contributed by atoms with Crippen LogP contribution in [0.4, 0.5) is 15.8 Å². The Morgan fingerprint density at radius 3 is 2.32 bits per heavy atom.